The van der Waals surface area contributed by atoms with E-state index < -0.39 is 20.9 Å². The molecule has 0 bridgehead atoms. The molecule has 1 saturated heterocycles. The van der Waals surface area contributed by atoms with Gasteiger partial charge in [0.1, 0.15) is 5.75 Å². The number of sulfonamides is 1. The molecule has 1 aliphatic heterocycles. The van der Waals surface area contributed by atoms with Crippen LogP contribution in [0.5, 0.6) is 5.75 Å². The summed E-state index contributed by atoms with van der Waals surface area (Å²) in [6, 6.07) is 10.8. The Labute approximate surface area is 156 Å². The summed E-state index contributed by atoms with van der Waals surface area (Å²) in [4.78, 5) is 22.5. The fourth-order valence-electron chi connectivity index (χ4n) is 2.84. The lowest BCUT2D eigenvalue weighted by Crippen LogP contribution is -2.35. The molecule has 0 unspecified atom stereocenters. The van der Waals surface area contributed by atoms with Crippen LogP contribution in [-0.2, 0) is 10.0 Å². The Hall–Kier alpha value is -2.78. The van der Waals surface area contributed by atoms with Crippen molar-refractivity contribution in [2.45, 2.75) is 24.2 Å². The molecule has 2 aromatic rings. The molecule has 1 heterocycles. The summed E-state index contributed by atoms with van der Waals surface area (Å²) in [5.74, 6) is -0.602. The monoisotopic (exact) mass is 390 g/mol. The van der Waals surface area contributed by atoms with Gasteiger partial charge >= 0.3 is 5.97 Å². The van der Waals surface area contributed by atoms with E-state index >= 15 is 0 Å². The van der Waals surface area contributed by atoms with Gasteiger partial charge in [0.25, 0.3) is 5.69 Å². The van der Waals surface area contributed by atoms with Crippen LogP contribution >= 0.6 is 0 Å². The molecule has 0 aliphatic carbocycles. The van der Waals surface area contributed by atoms with Gasteiger partial charge in [-0.25, -0.2) is 13.2 Å². The van der Waals surface area contributed by atoms with Crippen LogP contribution in [0.25, 0.3) is 0 Å². The molecule has 2 aromatic carbocycles. The van der Waals surface area contributed by atoms with Crippen molar-refractivity contribution < 1.29 is 22.9 Å². The molecule has 0 radical (unpaired) electrons. The largest absolute Gasteiger partial charge is 0.423 e. The number of hydrogen-bond donors (Lipinski definition) is 0. The molecule has 1 fully saturated rings. The number of hydrogen-bond acceptors (Lipinski definition) is 6. The summed E-state index contributed by atoms with van der Waals surface area (Å²) < 4.78 is 32.1. The fraction of sp³-hybridized carbons (Fsp3) is 0.278. The Morgan fingerprint density at radius 2 is 1.70 bits per heavy atom. The van der Waals surface area contributed by atoms with Gasteiger partial charge in [-0.3, -0.25) is 10.1 Å². The number of nitro benzene ring substituents is 1. The molecular weight excluding hydrogens is 372 g/mol. The van der Waals surface area contributed by atoms with Crippen molar-refractivity contribution >= 4 is 21.7 Å². The Kier molecular flexibility index (Phi) is 5.52. The van der Waals surface area contributed by atoms with E-state index in [4.69, 9.17) is 4.74 Å². The smallest absolute Gasteiger partial charge is 0.343 e. The Bertz CT molecular complexity index is 950. The maximum Gasteiger partial charge on any atom is 0.343 e. The second-order valence-electron chi connectivity index (χ2n) is 6.13. The molecule has 3 rings (SSSR count). The molecule has 27 heavy (non-hydrogen) atoms. The van der Waals surface area contributed by atoms with Gasteiger partial charge in [0.15, 0.2) is 0 Å². The molecule has 0 atom stereocenters. The van der Waals surface area contributed by atoms with Crippen molar-refractivity contribution in [3.8, 4) is 5.75 Å². The highest BCUT2D eigenvalue weighted by Gasteiger charge is 2.26. The minimum absolute atomic E-state index is 0.0440. The van der Waals surface area contributed by atoms with Crippen molar-refractivity contribution in [1.82, 2.24) is 4.31 Å². The van der Waals surface area contributed by atoms with Crippen molar-refractivity contribution in [3.05, 3.63) is 64.2 Å². The number of carbonyl (C=O) groups excluding carboxylic acids is 1. The van der Waals surface area contributed by atoms with Gasteiger partial charge in [0.2, 0.25) is 10.0 Å². The Morgan fingerprint density at radius 3 is 2.33 bits per heavy atom. The highest BCUT2D eigenvalue weighted by Crippen LogP contribution is 2.23. The number of piperidine rings is 1. The van der Waals surface area contributed by atoms with Crippen molar-refractivity contribution in [2.75, 3.05) is 13.1 Å². The summed E-state index contributed by atoms with van der Waals surface area (Å²) in [6.07, 6.45) is 2.65. The molecule has 1 aliphatic rings. The molecule has 0 spiro atoms. The van der Waals surface area contributed by atoms with Crippen molar-refractivity contribution in [3.63, 3.8) is 0 Å². The molecular formula is C18H18N2O6S. The van der Waals surface area contributed by atoms with Gasteiger partial charge in [-0.2, -0.15) is 4.31 Å². The van der Waals surface area contributed by atoms with E-state index in [-0.39, 0.29) is 21.9 Å². The van der Waals surface area contributed by atoms with Gasteiger partial charge in [0, 0.05) is 25.2 Å². The number of benzene rings is 2. The van der Waals surface area contributed by atoms with Gasteiger partial charge < -0.3 is 4.74 Å². The third-order valence-electron chi connectivity index (χ3n) is 4.28. The van der Waals surface area contributed by atoms with Crippen LogP contribution in [0.4, 0.5) is 5.69 Å². The van der Waals surface area contributed by atoms with Crippen LogP contribution in [0.15, 0.2) is 53.4 Å². The number of carbonyl (C=O) groups is 1. The zero-order valence-corrected chi connectivity index (χ0v) is 15.2. The average Bonchev–Trinajstić information content (AvgIpc) is 2.69. The van der Waals surface area contributed by atoms with Gasteiger partial charge in [-0.15, -0.1) is 0 Å². The van der Waals surface area contributed by atoms with Crippen LogP contribution in [-0.4, -0.2) is 36.7 Å². The van der Waals surface area contributed by atoms with E-state index in [0.29, 0.717) is 13.1 Å². The molecule has 0 N–H and O–H groups in total. The highest BCUT2D eigenvalue weighted by molar-refractivity contribution is 7.89. The molecule has 9 heteroatoms. The molecule has 142 valence electrons. The van der Waals surface area contributed by atoms with E-state index in [0.717, 1.165) is 19.3 Å². The predicted molar refractivity (Wildman–Crippen MR) is 97.1 cm³/mol. The third-order valence-corrected chi connectivity index (χ3v) is 6.18. The summed E-state index contributed by atoms with van der Waals surface area (Å²) >= 11 is 0. The average molecular weight is 390 g/mol. The summed E-state index contributed by atoms with van der Waals surface area (Å²) in [6.45, 7) is 0.944. The van der Waals surface area contributed by atoms with Crippen molar-refractivity contribution in [1.29, 1.82) is 0 Å². The van der Waals surface area contributed by atoms with E-state index in [1.165, 1.54) is 52.8 Å². The van der Waals surface area contributed by atoms with Gasteiger partial charge in [-0.1, -0.05) is 12.5 Å². The first-order chi connectivity index (χ1) is 12.9. The van der Waals surface area contributed by atoms with E-state index in [9.17, 15) is 23.3 Å². The summed E-state index contributed by atoms with van der Waals surface area (Å²) in [7, 11) is -3.66. The fourth-order valence-corrected chi connectivity index (χ4v) is 4.40. The van der Waals surface area contributed by atoms with Gasteiger partial charge in [0.05, 0.1) is 15.4 Å². The minimum atomic E-state index is -3.66. The quantitative estimate of drug-likeness (QED) is 0.336. The first-order valence-electron chi connectivity index (χ1n) is 8.45. The second kappa shape index (κ2) is 7.85. The first-order valence-corrected chi connectivity index (χ1v) is 9.89. The SMILES string of the molecule is O=C(Oc1ccc([N+](=O)[O-])cc1)c1cccc(S(=O)(=O)N2CCCCC2)c1. The lowest BCUT2D eigenvalue weighted by molar-refractivity contribution is -0.384. The number of nitrogens with zero attached hydrogens (tertiary/aromatic N) is 2. The molecule has 0 amide bonds. The number of esters is 1. The van der Waals surface area contributed by atoms with E-state index in [1.54, 1.807) is 0 Å². The Balaban J connectivity index is 1.78. The second-order valence-corrected chi connectivity index (χ2v) is 8.07. The zero-order valence-electron chi connectivity index (χ0n) is 14.4. The lowest BCUT2D eigenvalue weighted by atomic mass is 10.2. The Morgan fingerprint density at radius 1 is 1.04 bits per heavy atom. The van der Waals surface area contributed by atoms with Crippen molar-refractivity contribution in [2.24, 2.45) is 0 Å². The van der Waals surface area contributed by atoms with E-state index in [2.05, 4.69) is 0 Å². The van der Waals surface area contributed by atoms with Crippen LogP contribution < -0.4 is 4.74 Å². The normalized spacial score (nSPS) is 15.3. The summed E-state index contributed by atoms with van der Waals surface area (Å²) in [5.41, 5.74) is -0.0316. The van der Waals surface area contributed by atoms with E-state index in [1.807, 2.05) is 0 Å². The zero-order chi connectivity index (χ0) is 19.4. The predicted octanol–water partition coefficient (Wildman–Crippen LogP) is 2.99. The third kappa shape index (κ3) is 4.32. The van der Waals surface area contributed by atoms with Gasteiger partial charge in [-0.05, 0) is 43.2 Å². The first kappa shape index (κ1) is 19.0. The maximum atomic E-state index is 12.7. The van der Waals surface area contributed by atoms with Crippen LogP contribution in [0, 0.1) is 10.1 Å². The standard InChI is InChI=1S/C18H18N2O6S/c21-18(26-16-9-7-15(8-10-16)20(22)23)14-5-4-6-17(13-14)27(24,25)19-11-2-1-3-12-19/h4-10,13H,1-3,11-12H2. The maximum absolute atomic E-state index is 12.7. The van der Waals surface area contributed by atoms with Crippen LogP contribution in [0.2, 0.25) is 0 Å². The topological polar surface area (TPSA) is 107 Å². The highest BCUT2D eigenvalue weighted by atomic mass is 32.2. The van der Waals surface area contributed by atoms with Crippen LogP contribution in [0.1, 0.15) is 29.6 Å². The molecule has 0 aromatic heterocycles. The summed E-state index contributed by atoms with van der Waals surface area (Å²) in [5, 5.41) is 10.7. The number of nitro groups is 1. The lowest BCUT2D eigenvalue weighted by Gasteiger charge is -2.25. The molecule has 8 nitrogen and oxygen atoms in total. The molecule has 0 saturated carbocycles. The minimum Gasteiger partial charge on any atom is -0.423 e. The van der Waals surface area contributed by atoms with Crippen LogP contribution in [0.3, 0.4) is 0 Å². The number of non-ortho nitro benzene ring substituents is 1. The number of rotatable bonds is 5. The number of ether oxygens (including phenoxy) is 1.